The maximum atomic E-state index is 12.5. The van der Waals surface area contributed by atoms with Crippen LogP contribution in [0.15, 0.2) is 26.7 Å². The predicted molar refractivity (Wildman–Crippen MR) is 88.2 cm³/mol. The lowest BCUT2D eigenvalue weighted by atomic mass is 9.93. The van der Waals surface area contributed by atoms with Crippen LogP contribution in [0.25, 0.3) is 11.0 Å². The van der Waals surface area contributed by atoms with Gasteiger partial charge in [0.25, 0.3) is 5.56 Å². The van der Waals surface area contributed by atoms with E-state index in [1.165, 1.54) is 13.1 Å². The van der Waals surface area contributed by atoms with Crippen LogP contribution in [0, 0.1) is 0 Å². The first-order chi connectivity index (χ1) is 11.3. The zero-order chi connectivity index (χ0) is 17.5. The van der Waals surface area contributed by atoms with Gasteiger partial charge in [0.1, 0.15) is 10.5 Å². The normalized spacial score (nSPS) is 21.9. The van der Waals surface area contributed by atoms with Crippen molar-refractivity contribution < 1.29 is 8.42 Å². The molecule has 0 atom stereocenters. The van der Waals surface area contributed by atoms with Crippen molar-refractivity contribution in [2.45, 2.75) is 42.7 Å². The summed E-state index contributed by atoms with van der Waals surface area (Å²) in [5.74, 6) is 0. The van der Waals surface area contributed by atoms with Gasteiger partial charge in [0, 0.05) is 25.3 Å². The minimum atomic E-state index is -3.80. The summed E-state index contributed by atoms with van der Waals surface area (Å²) in [5, 5.41) is 0.0469. The van der Waals surface area contributed by atoms with Crippen LogP contribution in [0.4, 0.5) is 0 Å². The lowest BCUT2D eigenvalue weighted by molar-refractivity contribution is 0.373. The molecule has 1 saturated carbocycles. The highest BCUT2D eigenvalue weighted by Gasteiger charge is 2.25. The lowest BCUT2D eigenvalue weighted by Crippen LogP contribution is -2.40. The van der Waals surface area contributed by atoms with Gasteiger partial charge in [0.05, 0.1) is 5.39 Å². The molecule has 2 heterocycles. The van der Waals surface area contributed by atoms with Crippen LogP contribution < -0.4 is 21.7 Å². The third-order valence-corrected chi connectivity index (χ3v) is 5.82. The summed E-state index contributed by atoms with van der Waals surface area (Å²) in [4.78, 5) is 29.5. The van der Waals surface area contributed by atoms with Crippen molar-refractivity contribution >= 4 is 21.1 Å². The largest absolute Gasteiger partial charge is 0.329 e. The fourth-order valence-electron chi connectivity index (χ4n) is 2.89. The molecular formula is C14H19N5O4S. The monoisotopic (exact) mass is 353 g/mol. The Bertz CT molecular complexity index is 986. The summed E-state index contributed by atoms with van der Waals surface area (Å²) < 4.78 is 28.8. The topological polar surface area (TPSA) is 140 Å². The third kappa shape index (κ3) is 3.12. The Morgan fingerprint density at radius 3 is 2.62 bits per heavy atom. The van der Waals surface area contributed by atoms with Gasteiger partial charge in [-0.1, -0.05) is 0 Å². The van der Waals surface area contributed by atoms with Crippen molar-refractivity contribution in [3.05, 3.63) is 33.1 Å². The summed E-state index contributed by atoms with van der Waals surface area (Å²) in [5.41, 5.74) is 4.68. The quantitative estimate of drug-likeness (QED) is 0.658. The summed E-state index contributed by atoms with van der Waals surface area (Å²) in [6.45, 7) is 0. The number of pyridine rings is 1. The number of hydrogen-bond donors (Lipinski definition) is 3. The van der Waals surface area contributed by atoms with Crippen molar-refractivity contribution in [2.24, 2.45) is 12.8 Å². The molecule has 0 unspecified atom stereocenters. The molecule has 0 amide bonds. The van der Waals surface area contributed by atoms with Crippen LogP contribution in [0.3, 0.4) is 0 Å². The minimum absolute atomic E-state index is 0.0469. The van der Waals surface area contributed by atoms with Gasteiger partial charge in [-0.05, 0) is 31.7 Å². The molecule has 0 bridgehead atoms. The highest BCUT2D eigenvalue weighted by atomic mass is 32.2. The van der Waals surface area contributed by atoms with Gasteiger partial charge < -0.3 is 5.73 Å². The number of hydrogen-bond acceptors (Lipinski definition) is 6. The van der Waals surface area contributed by atoms with E-state index in [1.807, 2.05) is 0 Å². The first-order valence-corrected chi connectivity index (χ1v) is 9.13. The molecule has 0 aromatic carbocycles. The number of aromatic amines is 1. The second-order valence-electron chi connectivity index (χ2n) is 6.09. The molecule has 0 radical (unpaired) electrons. The predicted octanol–water partition coefficient (Wildman–Crippen LogP) is -0.830. The summed E-state index contributed by atoms with van der Waals surface area (Å²) in [7, 11) is -2.35. The highest BCUT2D eigenvalue weighted by Crippen LogP contribution is 2.20. The number of H-pyrrole nitrogens is 1. The van der Waals surface area contributed by atoms with E-state index >= 15 is 0 Å². The van der Waals surface area contributed by atoms with Crippen LogP contribution in [-0.2, 0) is 17.1 Å². The van der Waals surface area contributed by atoms with E-state index in [4.69, 9.17) is 5.73 Å². The van der Waals surface area contributed by atoms with E-state index in [9.17, 15) is 18.0 Å². The van der Waals surface area contributed by atoms with Crippen LogP contribution in [0.1, 0.15) is 25.7 Å². The number of fused-ring (bicyclic) bond motifs is 1. The fraction of sp³-hybridized carbons (Fsp3) is 0.500. The molecule has 24 heavy (non-hydrogen) atoms. The summed E-state index contributed by atoms with van der Waals surface area (Å²) in [6, 6.07) is 1.18. The number of aryl methyl sites for hydroxylation is 1. The lowest BCUT2D eigenvalue weighted by Gasteiger charge is -2.26. The van der Waals surface area contributed by atoms with Gasteiger partial charge in [-0.15, -0.1) is 0 Å². The minimum Gasteiger partial charge on any atom is -0.328 e. The van der Waals surface area contributed by atoms with Crippen molar-refractivity contribution in [3.63, 3.8) is 0 Å². The average molecular weight is 353 g/mol. The Morgan fingerprint density at radius 1 is 1.29 bits per heavy atom. The molecule has 1 aliphatic rings. The highest BCUT2D eigenvalue weighted by molar-refractivity contribution is 7.89. The molecule has 2 aromatic heterocycles. The Hall–Kier alpha value is -2.04. The summed E-state index contributed by atoms with van der Waals surface area (Å²) in [6.07, 6.45) is 4.04. The fourth-order valence-corrected chi connectivity index (χ4v) is 4.16. The SMILES string of the molecule is Cn1c(=O)[nH]c(=O)c2cc(S(=O)(=O)NC3CCC(N)CC3)cnc21. The average Bonchev–Trinajstić information content (AvgIpc) is 2.54. The Kier molecular flexibility index (Phi) is 4.28. The van der Waals surface area contributed by atoms with E-state index in [0.29, 0.717) is 12.8 Å². The molecule has 9 nitrogen and oxygen atoms in total. The number of aromatic nitrogens is 3. The van der Waals surface area contributed by atoms with E-state index in [0.717, 1.165) is 23.6 Å². The Balaban J connectivity index is 1.96. The first-order valence-electron chi connectivity index (χ1n) is 7.65. The van der Waals surface area contributed by atoms with E-state index in [-0.39, 0.29) is 28.0 Å². The van der Waals surface area contributed by atoms with Crippen LogP contribution in [-0.4, -0.2) is 35.0 Å². The first kappa shape index (κ1) is 16.8. The van der Waals surface area contributed by atoms with E-state index in [1.54, 1.807) is 0 Å². The molecule has 10 heteroatoms. The van der Waals surface area contributed by atoms with Crippen molar-refractivity contribution in [1.82, 2.24) is 19.3 Å². The number of nitrogens with two attached hydrogens (primary N) is 1. The molecule has 3 rings (SSSR count). The maximum absolute atomic E-state index is 12.5. The number of rotatable bonds is 3. The molecule has 130 valence electrons. The second kappa shape index (κ2) is 6.11. The zero-order valence-corrected chi connectivity index (χ0v) is 14.0. The van der Waals surface area contributed by atoms with E-state index in [2.05, 4.69) is 14.7 Å². The number of nitrogens with zero attached hydrogens (tertiary/aromatic N) is 2. The Labute approximate surface area is 138 Å². The molecule has 0 spiro atoms. The standard InChI is InChI=1S/C14H19N5O4S/c1-19-12-11(13(20)17-14(19)21)6-10(7-16-12)24(22,23)18-9-4-2-8(15)3-5-9/h6-9,18H,2-5,15H2,1H3,(H,17,20,21). The molecule has 1 fully saturated rings. The molecule has 0 saturated heterocycles. The van der Waals surface area contributed by atoms with Crippen molar-refractivity contribution in [2.75, 3.05) is 0 Å². The van der Waals surface area contributed by atoms with Gasteiger partial charge in [-0.25, -0.2) is 22.9 Å². The molecule has 1 aliphatic carbocycles. The maximum Gasteiger partial charge on any atom is 0.329 e. The number of nitrogens with one attached hydrogen (secondary N) is 2. The van der Waals surface area contributed by atoms with Crippen LogP contribution >= 0.6 is 0 Å². The van der Waals surface area contributed by atoms with Crippen LogP contribution in [0.5, 0.6) is 0 Å². The second-order valence-corrected chi connectivity index (χ2v) is 7.81. The summed E-state index contributed by atoms with van der Waals surface area (Å²) >= 11 is 0. The van der Waals surface area contributed by atoms with Gasteiger partial charge in [-0.3, -0.25) is 14.3 Å². The van der Waals surface area contributed by atoms with Gasteiger partial charge in [0.15, 0.2) is 0 Å². The number of sulfonamides is 1. The van der Waals surface area contributed by atoms with Crippen molar-refractivity contribution in [3.8, 4) is 0 Å². The Morgan fingerprint density at radius 2 is 1.96 bits per heavy atom. The molecule has 0 aliphatic heterocycles. The van der Waals surface area contributed by atoms with Gasteiger partial charge in [-0.2, -0.15) is 0 Å². The molecular weight excluding hydrogens is 334 g/mol. The van der Waals surface area contributed by atoms with Gasteiger partial charge >= 0.3 is 5.69 Å². The van der Waals surface area contributed by atoms with Crippen molar-refractivity contribution in [1.29, 1.82) is 0 Å². The van der Waals surface area contributed by atoms with Gasteiger partial charge in [0.2, 0.25) is 10.0 Å². The van der Waals surface area contributed by atoms with Crippen LogP contribution in [0.2, 0.25) is 0 Å². The molecule has 4 N–H and O–H groups in total. The smallest absolute Gasteiger partial charge is 0.328 e. The zero-order valence-electron chi connectivity index (χ0n) is 13.2. The third-order valence-electron chi connectivity index (χ3n) is 4.33. The van der Waals surface area contributed by atoms with E-state index < -0.39 is 21.3 Å². The molecule has 2 aromatic rings.